The van der Waals surface area contributed by atoms with E-state index in [4.69, 9.17) is 5.11 Å². The molecule has 4 nitrogen and oxygen atoms in total. The molecule has 1 fully saturated rings. The number of hydrogen-bond acceptors (Lipinski definition) is 3. The van der Waals surface area contributed by atoms with Crippen molar-refractivity contribution in [3.05, 3.63) is 29.8 Å². The van der Waals surface area contributed by atoms with Gasteiger partial charge >= 0.3 is 5.97 Å². The molecule has 0 saturated carbocycles. The third kappa shape index (κ3) is 3.01. The molecule has 0 bridgehead atoms. The van der Waals surface area contributed by atoms with Crippen molar-refractivity contribution in [2.24, 2.45) is 5.92 Å². The van der Waals surface area contributed by atoms with Crippen LogP contribution in [0.25, 0.3) is 0 Å². The van der Waals surface area contributed by atoms with Gasteiger partial charge in [0.2, 0.25) is 0 Å². The van der Waals surface area contributed by atoms with Gasteiger partial charge in [0.1, 0.15) is 0 Å². The number of aromatic carboxylic acids is 1. The number of nitrogens with zero attached hydrogens (tertiary/aromatic N) is 1. The molecular weight excluding hydrogens is 228 g/mol. The molecule has 2 rings (SSSR count). The fraction of sp³-hybridized carbons (Fsp3) is 0.500. The van der Waals surface area contributed by atoms with Gasteiger partial charge in [0.05, 0.1) is 5.56 Å². The molecule has 2 N–H and O–H groups in total. The Morgan fingerprint density at radius 3 is 2.78 bits per heavy atom. The largest absolute Gasteiger partial charge is 0.478 e. The maximum atomic E-state index is 10.8. The summed E-state index contributed by atoms with van der Waals surface area (Å²) in [5.74, 6) is -0.184. The highest BCUT2D eigenvalue weighted by atomic mass is 16.4. The SMILES string of the molecule is CNCC1CCCN(c2ccc(C(=O)O)cc2)C1. The highest BCUT2D eigenvalue weighted by molar-refractivity contribution is 5.88. The summed E-state index contributed by atoms with van der Waals surface area (Å²) >= 11 is 0. The fourth-order valence-electron chi connectivity index (χ4n) is 2.57. The normalized spacial score (nSPS) is 19.8. The average molecular weight is 248 g/mol. The number of hydrogen-bond donors (Lipinski definition) is 2. The highest BCUT2D eigenvalue weighted by Crippen LogP contribution is 2.23. The van der Waals surface area contributed by atoms with E-state index in [1.807, 2.05) is 19.2 Å². The molecule has 4 heteroatoms. The Kier molecular flexibility index (Phi) is 4.20. The molecule has 1 aliphatic rings. The number of anilines is 1. The van der Waals surface area contributed by atoms with Crippen LogP contribution in [0, 0.1) is 5.92 Å². The quantitative estimate of drug-likeness (QED) is 0.853. The van der Waals surface area contributed by atoms with Crippen molar-refractivity contribution in [3.63, 3.8) is 0 Å². The summed E-state index contributed by atoms with van der Waals surface area (Å²) in [6.45, 7) is 3.16. The molecule has 98 valence electrons. The van der Waals surface area contributed by atoms with Gasteiger partial charge in [-0.05, 0) is 56.6 Å². The maximum Gasteiger partial charge on any atom is 0.335 e. The van der Waals surface area contributed by atoms with Gasteiger partial charge in [-0.15, -0.1) is 0 Å². The summed E-state index contributed by atoms with van der Waals surface area (Å²) in [4.78, 5) is 13.1. The van der Waals surface area contributed by atoms with Gasteiger partial charge in [0.15, 0.2) is 0 Å². The zero-order valence-corrected chi connectivity index (χ0v) is 10.7. The number of benzene rings is 1. The molecule has 0 radical (unpaired) electrons. The Balaban J connectivity index is 2.04. The number of carboxylic acid groups (broad SMARTS) is 1. The molecular formula is C14H20N2O2. The van der Waals surface area contributed by atoms with Crippen LogP contribution < -0.4 is 10.2 Å². The van der Waals surface area contributed by atoms with Crippen molar-refractivity contribution in [3.8, 4) is 0 Å². The van der Waals surface area contributed by atoms with E-state index < -0.39 is 5.97 Å². The topological polar surface area (TPSA) is 52.6 Å². The van der Waals surface area contributed by atoms with Crippen LogP contribution in [0.3, 0.4) is 0 Å². The molecule has 0 aromatic heterocycles. The van der Waals surface area contributed by atoms with Crippen molar-refractivity contribution in [2.75, 3.05) is 31.6 Å². The molecule has 1 aromatic carbocycles. The summed E-state index contributed by atoms with van der Waals surface area (Å²) in [7, 11) is 1.99. The second-order valence-electron chi connectivity index (χ2n) is 4.86. The first-order chi connectivity index (χ1) is 8.70. The molecule has 1 heterocycles. The third-order valence-electron chi connectivity index (χ3n) is 3.49. The van der Waals surface area contributed by atoms with E-state index in [-0.39, 0.29) is 0 Å². The predicted molar refractivity (Wildman–Crippen MR) is 72.3 cm³/mol. The van der Waals surface area contributed by atoms with E-state index in [0.29, 0.717) is 11.5 Å². The number of rotatable bonds is 4. The van der Waals surface area contributed by atoms with Gasteiger partial charge in [0, 0.05) is 18.8 Å². The Morgan fingerprint density at radius 2 is 2.17 bits per heavy atom. The van der Waals surface area contributed by atoms with Crippen LogP contribution >= 0.6 is 0 Å². The molecule has 0 amide bonds. The monoisotopic (exact) mass is 248 g/mol. The molecule has 0 aliphatic carbocycles. The van der Waals surface area contributed by atoms with E-state index in [0.717, 1.165) is 25.3 Å². The minimum Gasteiger partial charge on any atom is -0.478 e. The molecule has 0 spiro atoms. The number of carboxylic acids is 1. The number of nitrogens with one attached hydrogen (secondary N) is 1. The summed E-state index contributed by atoms with van der Waals surface area (Å²) in [6, 6.07) is 7.18. The van der Waals surface area contributed by atoms with Crippen LogP contribution in [-0.2, 0) is 0 Å². The van der Waals surface area contributed by atoms with Crippen LogP contribution in [0.2, 0.25) is 0 Å². The first-order valence-corrected chi connectivity index (χ1v) is 6.43. The second kappa shape index (κ2) is 5.87. The molecule has 18 heavy (non-hydrogen) atoms. The number of piperidine rings is 1. The fourth-order valence-corrected chi connectivity index (χ4v) is 2.57. The van der Waals surface area contributed by atoms with Gasteiger partial charge in [0.25, 0.3) is 0 Å². The zero-order valence-electron chi connectivity index (χ0n) is 10.7. The smallest absolute Gasteiger partial charge is 0.335 e. The molecule has 1 aromatic rings. The second-order valence-corrected chi connectivity index (χ2v) is 4.86. The maximum absolute atomic E-state index is 10.8. The zero-order chi connectivity index (χ0) is 13.0. The minimum absolute atomic E-state index is 0.350. The summed E-state index contributed by atoms with van der Waals surface area (Å²) in [5.41, 5.74) is 1.48. The van der Waals surface area contributed by atoms with Crippen LogP contribution in [0.1, 0.15) is 23.2 Å². The van der Waals surface area contributed by atoms with Crippen LogP contribution in [0.5, 0.6) is 0 Å². The van der Waals surface area contributed by atoms with Gasteiger partial charge in [-0.2, -0.15) is 0 Å². The lowest BCUT2D eigenvalue weighted by atomic mass is 9.97. The van der Waals surface area contributed by atoms with Gasteiger partial charge < -0.3 is 15.3 Å². The summed E-state index contributed by atoms with van der Waals surface area (Å²) in [5, 5.41) is 12.1. The van der Waals surface area contributed by atoms with Crippen LogP contribution in [-0.4, -0.2) is 37.8 Å². The van der Waals surface area contributed by atoms with E-state index in [9.17, 15) is 4.79 Å². The van der Waals surface area contributed by atoms with Gasteiger partial charge in [-0.1, -0.05) is 0 Å². The predicted octanol–water partition coefficient (Wildman–Crippen LogP) is 1.82. The van der Waals surface area contributed by atoms with E-state index >= 15 is 0 Å². The molecule has 1 unspecified atom stereocenters. The van der Waals surface area contributed by atoms with Crippen molar-refractivity contribution in [1.29, 1.82) is 0 Å². The lowest BCUT2D eigenvalue weighted by Gasteiger charge is -2.34. The summed E-state index contributed by atoms with van der Waals surface area (Å²) in [6.07, 6.45) is 2.47. The van der Waals surface area contributed by atoms with Crippen molar-refractivity contribution in [1.82, 2.24) is 5.32 Å². The lowest BCUT2D eigenvalue weighted by Crippen LogP contribution is -2.39. The Bertz CT molecular complexity index is 401. The van der Waals surface area contributed by atoms with Crippen molar-refractivity contribution >= 4 is 11.7 Å². The van der Waals surface area contributed by atoms with Gasteiger partial charge in [-0.3, -0.25) is 0 Å². The third-order valence-corrected chi connectivity index (χ3v) is 3.49. The van der Waals surface area contributed by atoms with E-state index in [1.165, 1.54) is 12.8 Å². The van der Waals surface area contributed by atoms with E-state index in [2.05, 4.69) is 10.2 Å². The van der Waals surface area contributed by atoms with Crippen molar-refractivity contribution < 1.29 is 9.90 Å². The van der Waals surface area contributed by atoms with Crippen molar-refractivity contribution in [2.45, 2.75) is 12.8 Å². The first kappa shape index (κ1) is 12.9. The first-order valence-electron chi connectivity index (χ1n) is 6.43. The van der Waals surface area contributed by atoms with Crippen LogP contribution in [0.15, 0.2) is 24.3 Å². The minimum atomic E-state index is -0.867. The highest BCUT2D eigenvalue weighted by Gasteiger charge is 2.19. The van der Waals surface area contributed by atoms with E-state index in [1.54, 1.807) is 12.1 Å². The molecule has 1 saturated heterocycles. The Hall–Kier alpha value is -1.55. The molecule has 1 atom stereocenters. The number of carbonyl (C=O) groups is 1. The average Bonchev–Trinajstić information content (AvgIpc) is 2.39. The van der Waals surface area contributed by atoms with Gasteiger partial charge in [-0.25, -0.2) is 4.79 Å². The Labute approximate surface area is 108 Å². The lowest BCUT2D eigenvalue weighted by molar-refractivity contribution is 0.0697. The standard InChI is InChI=1S/C14H20N2O2/c1-15-9-11-3-2-8-16(10-11)13-6-4-12(5-7-13)14(17)18/h4-7,11,15H,2-3,8-10H2,1H3,(H,17,18). The summed E-state index contributed by atoms with van der Waals surface area (Å²) < 4.78 is 0. The van der Waals surface area contributed by atoms with Crippen LogP contribution in [0.4, 0.5) is 5.69 Å². The molecule has 1 aliphatic heterocycles. The Morgan fingerprint density at radius 1 is 1.44 bits per heavy atom.